The van der Waals surface area contributed by atoms with Crippen molar-refractivity contribution < 1.29 is 9.90 Å². The molecular formula is C12H18N4O2. The van der Waals surface area contributed by atoms with Crippen molar-refractivity contribution in [2.24, 2.45) is 0 Å². The third-order valence-corrected chi connectivity index (χ3v) is 3.09. The summed E-state index contributed by atoms with van der Waals surface area (Å²) in [5.74, 6) is 0.493. The quantitative estimate of drug-likeness (QED) is 0.742. The molecule has 1 aromatic heterocycles. The van der Waals surface area contributed by atoms with E-state index in [9.17, 15) is 4.79 Å². The number of anilines is 3. The molecule has 0 bridgehead atoms. The smallest absolute Gasteiger partial charge is 0.326 e. The first kappa shape index (κ1) is 12.5. The van der Waals surface area contributed by atoms with Crippen LogP contribution in [0.15, 0.2) is 12.1 Å². The molecule has 2 heterocycles. The van der Waals surface area contributed by atoms with Gasteiger partial charge in [-0.3, -0.25) is 0 Å². The molecule has 0 aromatic carbocycles. The molecule has 98 valence electrons. The Morgan fingerprint density at radius 2 is 2.44 bits per heavy atom. The number of pyridine rings is 1. The third-order valence-electron chi connectivity index (χ3n) is 3.09. The van der Waals surface area contributed by atoms with Gasteiger partial charge in [0.25, 0.3) is 0 Å². The molecule has 4 N–H and O–H groups in total. The predicted octanol–water partition coefficient (Wildman–Crippen LogP) is 1.15. The number of nitrogens with two attached hydrogens (primary N) is 1. The number of nitrogens with one attached hydrogen (secondary N) is 1. The monoisotopic (exact) mass is 250 g/mol. The summed E-state index contributed by atoms with van der Waals surface area (Å²) in [4.78, 5) is 17.4. The Morgan fingerprint density at radius 1 is 1.67 bits per heavy atom. The van der Waals surface area contributed by atoms with Crippen molar-refractivity contribution in [1.82, 2.24) is 4.98 Å². The highest BCUT2D eigenvalue weighted by Crippen LogP contribution is 2.27. The van der Waals surface area contributed by atoms with E-state index < -0.39 is 12.0 Å². The molecule has 18 heavy (non-hydrogen) atoms. The van der Waals surface area contributed by atoms with Crippen molar-refractivity contribution >= 4 is 23.3 Å². The molecule has 1 aliphatic heterocycles. The van der Waals surface area contributed by atoms with Crippen molar-refractivity contribution in [2.75, 3.05) is 29.0 Å². The zero-order chi connectivity index (χ0) is 13.1. The van der Waals surface area contributed by atoms with E-state index in [-0.39, 0.29) is 0 Å². The lowest BCUT2D eigenvalue weighted by Gasteiger charge is -2.23. The lowest BCUT2D eigenvalue weighted by molar-refractivity contribution is -0.138. The Balaban J connectivity index is 2.27. The zero-order valence-corrected chi connectivity index (χ0v) is 10.4. The molecule has 0 aliphatic carbocycles. The van der Waals surface area contributed by atoms with Gasteiger partial charge in [-0.05, 0) is 31.9 Å². The molecule has 0 spiro atoms. The van der Waals surface area contributed by atoms with Gasteiger partial charge in [0.1, 0.15) is 11.9 Å². The number of carboxylic acid groups (broad SMARTS) is 1. The van der Waals surface area contributed by atoms with E-state index in [1.165, 1.54) is 0 Å². The average molecular weight is 250 g/mol. The Hall–Kier alpha value is -1.98. The first-order valence-corrected chi connectivity index (χ1v) is 6.13. The first-order valence-electron chi connectivity index (χ1n) is 6.13. The van der Waals surface area contributed by atoms with Gasteiger partial charge in [0, 0.05) is 13.1 Å². The summed E-state index contributed by atoms with van der Waals surface area (Å²) in [5, 5.41) is 12.2. The van der Waals surface area contributed by atoms with Crippen LogP contribution >= 0.6 is 0 Å². The zero-order valence-electron chi connectivity index (χ0n) is 10.4. The SMILES string of the molecule is CCNc1nc(N2CCCC2C(=O)O)ccc1N. The summed E-state index contributed by atoms with van der Waals surface area (Å²) >= 11 is 0. The van der Waals surface area contributed by atoms with Crippen molar-refractivity contribution in [1.29, 1.82) is 0 Å². The molecule has 0 amide bonds. The van der Waals surface area contributed by atoms with Crippen molar-refractivity contribution in [3.05, 3.63) is 12.1 Å². The summed E-state index contributed by atoms with van der Waals surface area (Å²) in [6.07, 6.45) is 1.54. The number of hydrogen-bond donors (Lipinski definition) is 3. The second-order valence-corrected chi connectivity index (χ2v) is 4.33. The van der Waals surface area contributed by atoms with Gasteiger partial charge in [-0.2, -0.15) is 0 Å². The maximum absolute atomic E-state index is 11.2. The molecule has 1 aliphatic rings. The van der Waals surface area contributed by atoms with Crippen LogP contribution in [0.25, 0.3) is 0 Å². The molecule has 0 saturated carbocycles. The van der Waals surface area contributed by atoms with Gasteiger partial charge < -0.3 is 21.1 Å². The molecule has 1 aromatic rings. The molecule has 1 atom stereocenters. The lowest BCUT2D eigenvalue weighted by atomic mass is 10.2. The second-order valence-electron chi connectivity index (χ2n) is 4.33. The Labute approximate surface area is 106 Å². The molecule has 6 heteroatoms. The van der Waals surface area contributed by atoms with E-state index >= 15 is 0 Å². The maximum atomic E-state index is 11.2. The van der Waals surface area contributed by atoms with Crippen LogP contribution in [0.5, 0.6) is 0 Å². The minimum absolute atomic E-state index is 0.476. The Bertz CT molecular complexity index is 450. The van der Waals surface area contributed by atoms with Gasteiger partial charge in [-0.25, -0.2) is 9.78 Å². The number of aliphatic carboxylic acids is 1. The third kappa shape index (κ3) is 2.32. The molecular weight excluding hydrogens is 232 g/mol. The minimum atomic E-state index is -0.795. The molecule has 1 unspecified atom stereocenters. The van der Waals surface area contributed by atoms with Gasteiger partial charge in [0.05, 0.1) is 5.69 Å². The predicted molar refractivity (Wildman–Crippen MR) is 70.8 cm³/mol. The van der Waals surface area contributed by atoms with Crippen LogP contribution in [0.2, 0.25) is 0 Å². The summed E-state index contributed by atoms with van der Waals surface area (Å²) in [6.45, 7) is 3.41. The highest BCUT2D eigenvalue weighted by Gasteiger charge is 2.31. The molecule has 1 saturated heterocycles. The first-order chi connectivity index (χ1) is 8.63. The number of rotatable bonds is 4. The van der Waals surface area contributed by atoms with Crippen LogP contribution in [0.1, 0.15) is 19.8 Å². The maximum Gasteiger partial charge on any atom is 0.326 e. The number of aromatic nitrogens is 1. The van der Waals surface area contributed by atoms with Gasteiger partial charge in [0.2, 0.25) is 0 Å². The van der Waals surface area contributed by atoms with E-state index in [4.69, 9.17) is 10.8 Å². The fourth-order valence-corrected chi connectivity index (χ4v) is 2.23. The summed E-state index contributed by atoms with van der Waals surface area (Å²) in [6, 6.07) is 3.06. The van der Waals surface area contributed by atoms with E-state index in [1.54, 1.807) is 12.1 Å². The molecule has 0 radical (unpaired) electrons. The van der Waals surface area contributed by atoms with Gasteiger partial charge >= 0.3 is 5.97 Å². The molecule has 2 rings (SSSR count). The summed E-state index contributed by atoms with van der Waals surface area (Å²) < 4.78 is 0. The number of nitrogens with zero attached hydrogens (tertiary/aromatic N) is 2. The fourth-order valence-electron chi connectivity index (χ4n) is 2.23. The normalized spacial score (nSPS) is 18.9. The fraction of sp³-hybridized carbons (Fsp3) is 0.500. The van der Waals surface area contributed by atoms with Crippen LogP contribution in [0, 0.1) is 0 Å². The summed E-state index contributed by atoms with van der Waals surface area (Å²) in [7, 11) is 0. The van der Waals surface area contributed by atoms with Gasteiger partial charge in [0.15, 0.2) is 5.82 Å². The average Bonchev–Trinajstić information content (AvgIpc) is 2.81. The van der Waals surface area contributed by atoms with E-state index in [0.29, 0.717) is 23.7 Å². The largest absolute Gasteiger partial charge is 0.480 e. The van der Waals surface area contributed by atoms with Gasteiger partial charge in [-0.1, -0.05) is 0 Å². The van der Waals surface area contributed by atoms with Crippen LogP contribution in [-0.2, 0) is 4.79 Å². The van der Waals surface area contributed by atoms with E-state index in [0.717, 1.165) is 19.5 Å². The Morgan fingerprint density at radius 3 is 3.11 bits per heavy atom. The topological polar surface area (TPSA) is 91.5 Å². The van der Waals surface area contributed by atoms with Crippen LogP contribution < -0.4 is 16.0 Å². The number of carboxylic acids is 1. The van der Waals surface area contributed by atoms with Crippen LogP contribution in [-0.4, -0.2) is 35.2 Å². The number of hydrogen-bond acceptors (Lipinski definition) is 5. The molecule has 6 nitrogen and oxygen atoms in total. The van der Waals surface area contributed by atoms with Gasteiger partial charge in [-0.15, -0.1) is 0 Å². The number of carbonyl (C=O) groups is 1. The highest BCUT2D eigenvalue weighted by atomic mass is 16.4. The molecule has 1 fully saturated rings. The second kappa shape index (κ2) is 5.12. The van der Waals surface area contributed by atoms with Crippen LogP contribution in [0.3, 0.4) is 0 Å². The standard InChI is InChI=1S/C12H18N4O2/c1-2-14-11-8(13)5-6-10(15-11)16-7-3-4-9(16)12(17)18/h5-6,9H,2-4,7,13H2,1H3,(H,14,15)(H,17,18). The van der Waals surface area contributed by atoms with Crippen LogP contribution in [0.4, 0.5) is 17.3 Å². The number of nitrogen functional groups attached to an aromatic ring is 1. The van der Waals surface area contributed by atoms with E-state index in [2.05, 4.69) is 10.3 Å². The van der Waals surface area contributed by atoms with Crippen molar-refractivity contribution in [3.8, 4) is 0 Å². The van der Waals surface area contributed by atoms with E-state index in [1.807, 2.05) is 11.8 Å². The summed E-state index contributed by atoms with van der Waals surface area (Å²) in [5.41, 5.74) is 6.38. The Kier molecular flexibility index (Phi) is 3.55. The minimum Gasteiger partial charge on any atom is -0.480 e. The van der Waals surface area contributed by atoms with Crippen molar-refractivity contribution in [3.63, 3.8) is 0 Å². The highest BCUT2D eigenvalue weighted by molar-refractivity contribution is 5.79. The van der Waals surface area contributed by atoms with Crippen molar-refractivity contribution in [2.45, 2.75) is 25.8 Å². The lowest BCUT2D eigenvalue weighted by Crippen LogP contribution is -2.36.